The van der Waals surface area contributed by atoms with E-state index in [0.29, 0.717) is 16.5 Å². The van der Waals surface area contributed by atoms with Crippen LogP contribution in [-0.2, 0) is 9.59 Å². The van der Waals surface area contributed by atoms with Gasteiger partial charge in [0.25, 0.3) is 0 Å². The van der Waals surface area contributed by atoms with Crippen molar-refractivity contribution in [1.82, 2.24) is 0 Å². The van der Waals surface area contributed by atoms with Crippen LogP contribution in [0.5, 0.6) is 11.5 Å². The van der Waals surface area contributed by atoms with Crippen LogP contribution >= 0.6 is 0 Å². The number of hydrogen-bond acceptors (Lipinski definition) is 5. The Morgan fingerprint density at radius 1 is 1.20 bits per heavy atom. The van der Waals surface area contributed by atoms with E-state index in [2.05, 4.69) is 6.58 Å². The van der Waals surface area contributed by atoms with E-state index in [-0.39, 0.29) is 11.4 Å². The molecule has 0 bridgehead atoms. The summed E-state index contributed by atoms with van der Waals surface area (Å²) in [5, 5.41) is 1.21. The third-order valence-electron chi connectivity index (χ3n) is 2.61. The van der Waals surface area contributed by atoms with Crippen molar-refractivity contribution >= 4 is 28.4 Å². The molecule has 0 heterocycles. The molecule has 0 aliphatic rings. The Kier molecular flexibility index (Phi) is 3.70. The van der Waals surface area contributed by atoms with E-state index in [4.69, 9.17) is 15.2 Å². The third-order valence-corrected chi connectivity index (χ3v) is 2.61. The summed E-state index contributed by atoms with van der Waals surface area (Å²) in [6, 6.07) is 8.48. The molecule has 0 aliphatic carbocycles. The highest BCUT2D eigenvalue weighted by molar-refractivity contribution is 6.00. The van der Waals surface area contributed by atoms with Gasteiger partial charge in [-0.05, 0) is 0 Å². The Bertz CT molecular complexity index is 706. The number of hydrogen-bond donors (Lipinski definition) is 1. The van der Waals surface area contributed by atoms with Crippen LogP contribution in [0.4, 0.5) is 5.69 Å². The largest absolute Gasteiger partial charge is 0.426 e. The maximum Gasteiger partial charge on any atom is 0.335 e. The summed E-state index contributed by atoms with van der Waals surface area (Å²) in [5.74, 6) is -0.516. The molecule has 0 amide bonds. The fourth-order valence-electron chi connectivity index (χ4n) is 1.83. The van der Waals surface area contributed by atoms with Crippen molar-refractivity contribution < 1.29 is 19.1 Å². The van der Waals surface area contributed by atoms with Gasteiger partial charge in [-0.3, -0.25) is 4.79 Å². The number of carbonyl (C=O) groups is 2. The minimum Gasteiger partial charge on any atom is -0.426 e. The lowest BCUT2D eigenvalue weighted by Gasteiger charge is -2.13. The molecule has 0 aliphatic heterocycles. The lowest BCUT2D eigenvalue weighted by Crippen LogP contribution is -2.07. The van der Waals surface area contributed by atoms with Crippen molar-refractivity contribution in [2.45, 2.75) is 6.92 Å². The Morgan fingerprint density at radius 3 is 2.45 bits per heavy atom. The van der Waals surface area contributed by atoms with Crippen molar-refractivity contribution in [2.75, 3.05) is 5.73 Å². The molecule has 0 saturated carbocycles. The van der Waals surface area contributed by atoms with Crippen LogP contribution < -0.4 is 15.2 Å². The van der Waals surface area contributed by atoms with Crippen LogP contribution in [0.1, 0.15) is 6.92 Å². The number of nitrogen functional groups attached to an aromatic ring is 1. The molecular weight excluding hydrogens is 258 g/mol. The van der Waals surface area contributed by atoms with Gasteiger partial charge in [-0.25, -0.2) is 4.79 Å². The fraction of sp³-hybridized carbons (Fsp3) is 0.0667. The van der Waals surface area contributed by atoms with Gasteiger partial charge in [-0.2, -0.15) is 0 Å². The minimum atomic E-state index is -0.609. The SMILES string of the molecule is C=CC(=O)Oc1c(N)cc(OC(C)=O)c2ccccc12. The number of benzene rings is 2. The van der Waals surface area contributed by atoms with Crippen LogP contribution in [0.3, 0.4) is 0 Å². The summed E-state index contributed by atoms with van der Waals surface area (Å²) in [6.45, 7) is 4.64. The normalized spacial score (nSPS) is 10.1. The lowest BCUT2D eigenvalue weighted by atomic mass is 10.1. The quantitative estimate of drug-likeness (QED) is 0.401. The second-order valence-corrected chi connectivity index (χ2v) is 4.06. The van der Waals surface area contributed by atoms with Crippen molar-refractivity contribution in [3.63, 3.8) is 0 Å². The standard InChI is InChI=1S/C15H13NO4/c1-3-14(18)20-15-11-7-5-4-6-10(11)13(8-12(15)16)19-9(2)17/h3-8H,1,16H2,2H3. The van der Waals surface area contributed by atoms with Gasteiger partial charge in [0.2, 0.25) is 0 Å². The second-order valence-electron chi connectivity index (χ2n) is 4.06. The highest BCUT2D eigenvalue weighted by Gasteiger charge is 2.15. The van der Waals surface area contributed by atoms with Gasteiger partial charge in [-0.1, -0.05) is 30.8 Å². The average Bonchev–Trinajstić information content (AvgIpc) is 2.42. The predicted octanol–water partition coefficient (Wildman–Crippen LogP) is 2.44. The average molecular weight is 271 g/mol. The molecule has 2 N–H and O–H groups in total. The molecule has 2 rings (SSSR count). The number of carbonyl (C=O) groups excluding carboxylic acids is 2. The Morgan fingerprint density at radius 2 is 1.85 bits per heavy atom. The summed E-state index contributed by atoms with van der Waals surface area (Å²) >= 11 is 0. The number of fused-ring (bicyclic) bond motifs is 1. The van der Waals surface area contributed by atoms with Gasteiger partial charge in [0, 0.05) is 29.8 Å². The summed E-state index contributed by atoms with van der Waals surface area (Å²) in [4.78, 5) is 22.5. The van der Waals surface area contributed by atoms with Gasteiger partial charge >= 0.3 is 11.9 Å². The van der Waals surface area contributed by atoms with Crippen molar-refractivity contribution in [3.05, 3.63) is 43.0 Å². The third kappa shape index (κ3) is 2.61. The molecule has 0 spiro atoms. The maximum absolute atomic E-state index is 11.4. The first kappa shape index (κ1) is 13.6. The molecule has 0 atom stereocenters. The smallest absolute Gasteiger partial charge is 0.335 e. The zero-order chi connectivity index (χ0) is 14.7. The highest BCUT2D eigenvalue weighted by Crippen LogP contribution is 2.38. The molecule has 102 valence electrons. The summed E-state index contributed by atoms with van der Waals surface area (Å²) in [6.07, 6.45) is 1.05. The van der Waals surface area contributed by atoms with Gasteiger partial charge in [0.15, 0.2) is 5.75 Å². The van der Waals surface area contributed by atoms with Crippen molar-refractivity contribution in [3.8, 4) is 11.5 Å². The summed E-state index contributed by atoms with van der Waals surface area (Å²) in [5.41, 5.74) is 6.07. The molecule has 20 heavy (non-hydrogen) atoms. The molecule has 0 saturated heterocycles. The number of ether oxygens (including phenoxy) is 2. The zero-order valence-corrected chi connectivity index (χ0v) is 10.9. The van der Waals surface area contributed by atoms with E-state index in [0.717, 1.165) is 6.08 Å². The summed E-state index contributed by atoms with van der Waals surface area (Å²) < 4.78 is 10.3. The second kappa shape index (κ2) is 5.44. The maximum atomic E-state index is 11.4. The molecule has 0 aromatic heterocycles. The Labute approximate surface area is 115 Å². The summed E-state index contributed by atoms with van der Waals surface area (Å²) in [7, 11) is 0. The zero-order valence-electron chi connectivity index (χ0n) is 10.9. The van der Waals surface area contributed by atoms with Crippen LogP contribution in [0.15, 0.2) is 43.0 Å². The monoisotopic (exact) mass is 271 g/mol. The first-order chi connectivity index (χ1) is 9.52. The predicted molar refractivity (Wildman–Crippen MR) is 75.5 cm³/mol. The fourth-order valence-corrected chi connectivity index (χ4v) is 1.83. The van der Waals surface area contributed by atoms with Crippen molar-refractivity contribution in [1.29, 1.82) is 0 Å². The Hall–Kier alpha value is -2.82. The van der Waals surface area contributed by atoms with Crippen LogP contribution in [0.2, 0.25) is 0 Å². The van der Waals surface area contributed by atoms with E-state index in [1.54, 1.807) is 24.3 Å². The van der Waals surface area contributed by atoms with E-state index >= 15 is 0 Å². The molecule has 2 aromatic rings. The molecule has 5 nitrogen and oxygen atoms in total. The molecule has 0 fully saturated rings. The first-order valence-electron chi connectivity index (χ1n) is 5.87. The molecular formula is C15H13NO4. The molecule has 0 unspecified atom stereocenters. The number of esters is 2. The molecule has 5 heteroatoms. The number of nitrogens with two attached hydrogens (primary N) is 1. The van der Waals surface area contributed by atoms with Crippen LogP contribution in [0.25, 0.3) is 10.8 Å². The topological polar surface area (TPSA) is 78.6 Å². The van der Waals surface area contributed by atoms with Crippen molar-refractivity contribution in [2.24, 2.45) is 0 Å². The van der Waals surface area contributed by atoms with E-state index in [1.165, 1.54) is 13.0 Å². The van der Waals surface area contributed by atoms with Gasteiger partial charge < -0.3 is 15.2 Å². The van der Waals surface area contributed by atoms with Gasteiger partial charge in [-0.15, -0.1) is 0 Å². The highest BCUT2D eigenvalue weighted by atomic mass is 16.5. The lowest BCUT2D eigenvalue weighted by molar-refractivity contribution is -0.132. The van der Waals surface area contributed by atoms with Gasteiger partial charge in [0.1, 0.15) is 5.75 Å². The molecule has 2 aromatic carbocycles. The molecule has 0 radical (unpaired) electrons. The number of anilines is 1. The Balaban J connectivity index is 2.65. The van der Waals surface area contributed by atoms with E-state index < -0.39 is 11.9 Å². The van der Waals surface area contributed by atoms with E-state index in [9.17, 15) is 9.59 Å². The van der Waals surface area contributed by atoms with Crippen LogP contribution in [-0.4, -0.2) is 11.9 Å². The van der Waals surface area contributed by atoms with Crippen LogP contribution in [0, 0.1) is 0 Å². The number of rotatable bonds is 3. The van der Waals surface area contributed by atoms with Gasteiger partial charge in [0.05, 0.1) is 5.69 Å². The first-order valence-corrected chi connectivity index (χ1v) is 5.87. The van der Waals surface area contributed by atoms with E-state index in [1.807, 2.05) is 0 Å². The minimum absolute atomic E-state index is 0.204.